The van der Waals surface area contributed by atoms with Gasteiger partial charge < -0.3 is 4.74 Å². The van der Waals surface area contributed by atoms with Gasteiger partial charge in [-0.1, -0.05) is 36.4 Å². The average molecular weight is 411 g/mol. The summed E-state index contributed by atoms with van der Waals surface area (Å²) in [5.41, 5.74) is 4.79. The van der Waals surface area contributed by atoms with E-state index in [-0.39, 0.29) is 17.9 Å². The molecule has 0 fully saturated rings. The molecule has 1 amide bonds. The highest BCUT2D eigenvalue weighted by molar-refractivity contribution is 5.95. The van der Waals surface area contributed by atoms with Crippen molar-refractivity contribution in [3.05, 3.63) is 95.1 Å². The number of halogens is 3. The zero-order chi connectivity index (χ0) is 21.6. The van der Waals surface area contributed by atoms with Crippen molar-refractivity contribution in [2.24, 2.45) is 0 Å². The Balaban J connectivity index is 1.66. The van der Waals surface area contributed by atoms with Crippen LogP contribution in [-0.4, -0.2) is 5.91 Å². The largest absolute Gasteiger partial charge is 0.489 e. The highest BCUT2D eigenvalue weighted by Crippen LogP contribution is 2.34. The molecule has 0 aliphatic heterocycles. The van der Waals surface area contributed by atoms with Gasteiger partial charge in [0, 0.05) is 11.1 Å². The number of para-hydroxylation sites is 1. The fraction of sp³-hybridized carbons (Fsp3) is 0.0909. The summed E-state index contributed by atoms with van der Waals surface area (Å²) in [6.07, 6.45) is -4.55. The molecule has 0 aromatic heterocycles. The molecule has 0 unspecified atom stereocenters. The summed E-state index contributed by atoms with van der Waals surface area (Å²) in [5.74, 6) is -0.249. The first-order chi connectivity index (χ1) is 14.4. The molecule has 30 heavy (non-hydrogen) atoms. The average Bonchev–Trinajstić information content (AvgIpc) is 2.76. The van der Waals surface area contributed by atoms with Crippen LogP contribution >= 0.6 is 0 Å². The predicted molar refractivity (Wildman–Crippen MR) is 104 cm³/mol. The smallest absolute Gasteiger partial charge is 0.418 e. The molecule has 0 aliphatic rings. The Morgan fingerprint density at radius 3 is 2.50 bits per heavy atom. The van der Waals surface area contributed by atoms with Crippen LogP contribution in [0.5, 0.6) is 5.75 Å². The zero-order valence-electron chi connectivity index (χ0n) is 15.5. The van der Waals surface area contributed by atoms with Crippen LogP contribution in [0.4, 0.5) is 18.9 Å². The van der Waals surface area contributed by atoms with Gasteiger partial charge in [-0.3, -0.25) is 15.6 Å². The van der Waals surface area contributed by atoms with Crippen molar-refractivity contribution in [2.45, 2.75) is 12.8 Å². The number of hydrogen-bond donors (Lipinski definition) is 2. The van der Waals surface area contributed by atoms with Gasteiger partial charge in [0.1, 0.15) is 12.4 Å². The van der Waals surface area contributed by atoms with Gasteiger partial charge in [0.15, 0.2) is 0 Å². The third kappa shape index (κ3) is 5.08. The minimum absolute atomic E-state index is 0.131. The Kier molecular flexibility index (Phi) is 6.23. The second-order valence-corrected chi connectivity index (χ2v) is 6.21. The molecule has 3 aromatic carbocycles. The summed E-state index contributed by atoms with van der Waals surface area (Å²) in [6.45, 7) is 0.131. The zero-order valence-corrected chi connectivity index (χ0v) is 15.5. The van der Waals surface area contributed by atoms with Gasteiger partial charge in [0.25, 0.3) is 5.91 Å². The standard InChI is InChI=1S/C22H16F3N3O2/c23-22(24,25)19-10-3-4-11-20(19)27-28-21(29)15-8-5-9-18(12-15)30-14-17-7-2-1-6-16(17)13-26/h1-12,27H,14H2,(H,28,29). The van der Waals surface area contributed by atoms with Crippen molar-refractivity contribution in [1.29, 1.82) is 5.26 Å². The Morgan fingerprint density at radius 2 is 1.73 bits per heavy atom. The molecule has 0 atom stereocenters. The number of ether oxygens (including phenoxy) is 1. The lowest BCUT2D eigenvalue weighted by molar-refractivity contribution is -0.137. The molecule has 0 bridgehead atoms. The van der Waals surface area contributed by atoms with Crippen LogP contribution < -0.4 is 15.6 Å². The van der Waals surface area contributed by atoms with Gasteiger partial charge in [0.2, 0.25) is 0 Å². The van der Waals surface area contributed by atoms with E-state index in [4.69, 9.17) is 10.00 Å². The highest BCUT2D eigenvalue weighted by atomic mass is 19.4. The molecule has 152 valence electrons. The van der Waals surface area contributed by atoms with Crippen LogP contribution in [0.15, 0.2) is 72.8 Å². The molecule has 0 saturated heterocycles. The van der Waals surface area contributed by atoms with E-state index >= 15 is 0 Å². The molecule has 5 nitrogen and oxygen atoms in total. The molecular weight excluding hydrogens is 395 g/mol. The lowest BCUT2D eigenvalue weighted by Gasteiger charge is -2.15. The van der Waals surface area contributed by atoms with Crippen LogP contribution in [0, 0.1) is 11.3 Å². The van der Waals surface area contributed by atoms with Crippen LogP contribution in [0.3, 0.4) is 0 Å². The lowest BCUT2D eigenvalue weighted by atomic mass is 10.1. The van der Waals surface area contributed by atoms with E-state index in [2.05, 4.69) is 16.9 Å². The molecule has 8 heteroatoms. The summed E-state index contributed by atoms with van der Waals surface area (Å²) in [5, 5.41) is 9.12. The van der Waals surface area contributed by atoms with Crippen molar-refractivity contribution < 1.29 is 22.7 Å². The lowest BCUT2D eigenvalue weighted by Crippen LogP contribution is -2.30. The van der Waals surface area contributed by atoms with E-state index in [9.17, 15) is 18.0 Å². The van der Waals surface area contributed by atoms with E-state index in [0.29, 0.717) is 16.9 Å². The fourth-order valence-electron chi connectivity index (χ4n) is 2.68. The predicted octanol–water partition coefficient (Wildman–Crippen LogP) is 4.91. The van der Waals surface area contributed by atoms with Crippen molar-refractivity contribution in [2.75, 3.05) is 5.43 Å². The van der Waals surface area contributed by atoms with Gasteiger partial charge in [-0.2, -0.15) is 18.4 Å². The van der Waals surface area contributed by atoms with Gasteiger partial charge in [-0.15, -0.1) is 0 Å². The van der Waals surface area contributed by atoms with Gasteiger partial charge >= 0.3 is 6.18 Å². The Morgan fingerprint density at radius 1 is 1.00 bits per heavy atom. The number of carbonyl (C=O) groups excluding carboxylic acids is 1. The number of rotatable bonds is 6. The molecule has 0 aliphatic carbocycles. The number of nitriles is 1. The number of amides is 1. The number of hydrazine groups is 1. The maximum atomic E-state index is 13.0. The van der Waals surface area contributed by atoms with E-state index < -0.39 is 17.6 Å². The first-order valence-electron chi connectivity index (χ1n) is 8.82. The monoisotopic (exact) mass is 411 g/mol. The summed E-state index contributed by atoms with van der Waals surface area (Å²) in [7, 11) is 0. The summed E-state index contributed by atoms with van der Waals surface area (Å²) >= 11 is 0. The van der Waals surface area contributed by atoms with Crippen LogP contribution in [0.2, 0.25) is 0 Å². The van der Waals surface area contributed by atoms with Gasteiger partial charge in [-0.25, -0.2) is 0 Å². The second kappa shape index (κ2) is 9.01. The quantitative estimate of drug-likeness (QED) is 0.565. The van der Waals surface area contributed by atoms with E-state index in [0.717, 1.165) is 6.07 Å². The van der Waals surface area contributed by atoms with Crippen LogP contribution in [0.1, 0.15) is 27.0 Å². The minimum Gasteiger partial charge on any atom is -0.489 e. The normalized spacial score (nSPS) is 10.7. The summed E-state index contributed by atoms with van der Waals surface area (Å²) in [4.78, 5) is 12.4. The van der Waals surface area contributed by atoms with Crippen LogP contribution in [-0.2, 0) is 12.8 Å². The minimum atomic E-state index is -4.55. The molecule has 0 spiro atoms. The molecule has 0 heterocycles. The van der Waals surface area contributed by atoms with E-state index in [1.165, 1.54) is 30.3 Å². The third-order valence-electron chi connectivity index (χ3n) is 4.17. The number of benzene rings is 3. The Hall–Kier alpha value is -3.99. The second-order valence-electron chi connectivity index (χ2n) is 6.21. The fourth-order valence-corrected chi connectivity index (χ4v) is 2.68. The summed E-state index contributed by atoms with van der Waals surface area (Å²) < 4.78 is 44.8. The first-order valence-corrected chi connectivity index (χ1v) is 8.82. The van der Waals surface area contributed by atoms with E-state index in [1.54, 1.807) is 36.4 Å². The van der Waals surface area contributed by atoms with E-state index in [1.807, 2.05) is 0 Å². The topological polar surface area (TPSA) is 74.1 Å². The summed E-state index contributed by atoms with van der Waals surface area (Å²) in [6, 6.07) is 20.1. The maximum absolute atomic E-state index is 13.0. The molecule has 0 saturated carbocycles. The molecule has 3 rings (SSSR count). The molecule has 2 N–H and O–H groups in total. The van der Waals surface area contributed by atoms with Crippen molar-refractivity contribution in [1.82, 2.24) is 5.43 Å². The molecular formula is C22H16F3N3O2. The number of nitrogens with zero attached hydrogens (tertiary/aromatic N) is 1. The molecule has 0 radical (unpaired) electrons. The third-order valence-corrected chi connectivity index (χ3v) is 4.17. The number of alkyl halides is 3. The SMILES string of the molecule is N#Cc1ccccc1COc1cccc(C(=O)NNc2ccccc2C(F)(F)F)c1. The number of carbonyl (C=O) groups is 1. The van der Waals surface area contributed by atoms with Gasteiger partial charge in [0.05, 0.1) is 22.9 Å². The van der Waals surface area contributed by atoms with Crippen molar-refractivity contribution in [3.63, 3.8) is 0 Å². The van der Waals surface area contributed by atoms with Crippen molar-refractivity contribution in [3.8, 4) is 11.8 Å². The number of nitrogens with one attached hydrogen (secondary N) is 2. The molecule has 3 aromatic rings. The first kappa shape index (κ1) is 20.7. The Bertz CT molecular complexity index is 1090. The van der Waals surface area contributed by atoms with Crippen molar-refractivity contribution >= 4 is 11.6 Å². The highest BCUT2D eigenvalue weighted by Gasteiger charge is 2.33. The van der Waals surface area contributed by atoms with Crippen LogP contribution in [0.25, 0.3) is 0 Å². The maximum Gasteiger partial charge on any atom is 0.418 e. The number of hydrogen-bond acceptors (Lipinski definition) is 4. The number of anilines is 1. The Labute approximate surface area is 170 Å². The van der Waals surface area contributed by atoms with Gasteiger partial charge in [-0.05, 0) is 36.4 Å².